The SMILES string of the molecule is O=C(NCCc1ccccc1)N(CCc1cccs1)Cc1ccoc1. The maximum absolute atomic E-state index is 12.6. The van der Waals surface area contributed by atoms with Crippen LogP contribution in [0.3, 0.4) is 0 Å². The Labute approximate surface area is 152 Å². The molecule has 0 aliphatic rings. The standard InChI is InChI=1S/C20H22N2O2S/c23-20(21-11-8-17-5-2-1-3-6-17)22(15-18-10-13-24-16-18)12-9-19-7-4-14-25-19/h1-7,10,13-14,16H,8-9,11-12,15H2,(H,21,23). The summed E-state index contributed by atoms with van der Waals surface area (Å²) in [6.45, 7) is 1.87. The molecule has 5 heteroatoms. The molecule has 0 atom stereocenters. The first-order chi connectivity index (χ1) is 12.3. The van der Waals surface area contributed by atoms with Crippen molar-refractivity contribution in [1.29, 1.82) is 0 Å². The summed E-state index contributed by atoms with van der Waals surface area (Å²) in [5.74, 6) is 0. The van der Waals surface area contributed by atoms with Crippen LogP contribution in [-0.2, 0) is 19.4 Å². The van der Waals surface area contributed by atoms with Crippen LogP contribution in [0.15, 0.2) is 70.9 Å². The second kappa shape index (κ2) is 9.08. The van der Waals surface area contributed by atoms with Gasteiger partial charge in [-0.05, 0) is 35.9 Å². The average molecular weight is 354 g/mol. The lowest BCUT2D eigenvalue weighted by Crippen LogP contribution is -2.41. The van der Waals surface area contributed by atoms with E-state index >= 15 is 0 Å². The average Bonchev–Trinajstić information content (AvgIpc) is 3.33. The van der Waals surface area contributed by atoms with E-state index in [-0.39, 0.29) is 6.03 Å². The number of nitrogens with one attached hydrogen (secondary N) is 1. The fourth-order valence-electron chi connectivity index (χ4n) is 2.63. The van der Waals surface area contributed by atoms with Crippen molar-refractivity contribution < 1.29 is 9.21 Å². The molecule has 25 heavy (non-hydrogen) atoms. The predicted molar refractivity (Wildman–Crippen MR) is 101 cm³/mol. The third-order valence-electron chi connectivity index (χ3n) is 3.98. The summed E-state index contributed by atoms with van der Waals surface area (Å²) >= 11 is 1.72. The minimum atomic E-state index is -0.0336. The second-order valence-corrected chi connectivity index (χ2v) is 6.88. The summed E-state index contributed by atoms with van der Waals surface area (Å²) in [6, 6.07) is 16.2. The Hall–Kier alpha value is -2.53. The summed E-state index contributed by atoms with van der Waals surface area (Å²) in [6.07, 6.45) is 5.02. The molecule has 1 aromatic carbocycles. The van der Waals surface area contributed by atoms with E-state index in [9.17, 15) is 4.79 Å². The van der Waals surface area contributed by atoms with E-state index in [1.54, 1.807) is 23.9 Å². The van der Waals surface area contributed by atoms with Gasteiger partial charge in [0.05, 0.1) is 19.1 Å². The highest BCUT2D eigenvalue weighted by molar-refractivity contribution is 7.09. The molecule has 3 aromatic rings. The number of hydrogen-bond donors (Lipinski definition) is 1. The van der Waals surface area contributed by atoms with Gasteiger partial charge in [0, 0.05) is 23.5 Å². The van der Waals surface area contributed by atoms with Crippen LogP contribution in [0.25, 0.3) is 0 Å². The van der Waals surface area contributed by atoms with Gasteiger partial charge in [-0.15, -0.1) is 11.3 Å². The summed E-state index contributed by atoms with van der Waals surface area (Å²) in [7, 11) is 0. The molecule has 2 aromatic heterocycles. The molecule has 0 aliphatic carbocycles. The van der Waals surface area contributed by atoms with Crippen LogP contribution < -0.4 is 5.32 Å². The first kappa shape index (κ1) is 17.3. The van der Waals surface area contributed by atoms with E-state index in [1.165, 1.54) is 10.4 Å². The molecule has 0 bridgehead atoms. The molecule has 0 unspecified atom stereocenters. The first-order valence-corrected chi connectivity index (χ1v) is 9.29. The van der Waals surface area contributed by atoms with Gasteiger partial charge in [-0.3, -0.25) is 0 Å². The number of furan rings is 1. The van der Waals surface area contributed by atoms with Crippen LogP contribution in [0, 0.1) is 0 Å². The van der Waals surface area contributed by atoms with Crippen LogP contribution in [0.2, 0.25) is 0 Å². The first-order valence-electron chi connectivity index (χ1n) is 8.41. The van der Waals surface area contributed by atoms with E-state index in [4.69, 9.17) is 4.42 Å². The number of benzene rings is 1. The Morgan fingerprint density at radius 1 is 1.04 bits per heavy atom. The van der Waals surface area contributed by atoms with E-state index in [0.29, 0.717) is 19.6 Å². The minimum absolute atomic E-state index is 0.0336. The van der Waals surface area contributed by atoms with Crippen molar-refractivity contribution in [2.75, 3.05) is 13.1 Å². The molecule has 0 spiro atoms. The number of amides is 2. The van der Waals surface area contributed by atoms with Gasteiger partial charge in [0.15, 0.2) is 0 Å². The monoisotopic (exact) mass is 354 g/mol. The zero-order valence-corrected chi connectivity index (χ0v) is 14.9. The summed E-state index contributed by atoms with van der Waals surface area (Å²) in [4.78, 5) is 15.7. The Balaban J connectivity index is 1.54. The van der Waals surface area contributed by atoms with Gasteiger partial charge in [0.1, 0.15) is 0 Å². The van der Waals surface area contributed by atoms with Crippen LogP contribution >= 0.6 is 11.3 Å². The van der Waals surface area contributed by atoms with E-state index in [1.807, 2.05) is 35.2 Å². The minimum Gasteiger partial charge on any atom is -0.472 e. The normalized spacial score (nSPS) is 10.6. The highest BCUT2D eigenvalue weighted by Crippen LogP contribution is 2.12. The molecule has 0 saturated heterocycles. The van der Waals surface area contributed by atoms with Gasteiger partial charge in [0.2, 0.25) is 0 Å². The molecule has 4 nitrogen and oxygen atoms in total. The zero-order valence-electron chi connectivity index (χ0n) is 14.1. The fourth-order valence-corrected chi connectivity index (χ4v) is 3.32. The number of carbonyl (C=O) groups excluding carboxylic acids is 1. The highest BCUT2D eigenvalue weighted by Gasteiger charge is 2.14. The van der Waals surface area contributed by atoms with E-state index in [2.05, 4.69) is 28.9 Å². The molecule has 0 radical (unpaired) electrons. The van der Waals surface area contributed by atoms with Gasteiger partial charge in [-0.1, -0.05) is 36.4 Å². The number of nitrogens with zero attached hydrogens (tertiary/aromatic N) is 1. The molecule has 2 amide bonds. The van der Waals surface area contributed by atoms with Gasteiger partial charge in [-0.25, -0.2) is 4.79 Å². The number of hydrogen-bond acceptors (Lipinski definition) is 3. The van der Waals surface area contributed by atoms with Crippen molar-refractivity contribution in [3.8, 4) is 0 Å². The summed E-state index contributed by atoms with van der Waals surface area (Å²) in [5, 5.41) is 5.10. The summed E-state index contributed by atoms with van der Waals surface area (Å²) < 4.78 is 5.13. The van der Waals surface area contributed by atoms with Crippen LogP contribution in [-0.4, -0.2) is 24.0 Å². The fraction of sp³-hybridized carbons (Fsp3) is 0.250. The van der Waals surface area contributed by atoms with Crippen molar-refractivity contribution in [3.63, 3.8) is 0 Å². The Morgan fingerprint density at radius 2 is 1.92 bits per heavy atom. The molecule has 2 heterocycles. The smallest absolute Gasteiger partial charge is 0.317 e. The molecular formula is C20H22N2O2S. The molecule has 130 valence electrons. The number of rotatable bonds is 8. The Bertz CT molecular complexity index is 739. The third-order valence-corrected chi connectivity index (χ3v) is 4.92. The van der Waals surface area contributed by atoms with Crippen molar-refractivity contribution in [1.82, 2.24) is 10.2 Å². The maximum atomic E-state index is 12.6. The lowest BCUT2D eigenvalue weighted by Gasteiger charge is -2.22. The summed E-state index contributed by atoms with van der Waals surface area (Å²) in [5.41, 5.74) is 2.23. The Morgan fingerprint density at radius 3 is 2.64 bits per heavy atom. The molecule has 0 fully saturated rings. The maximum Gasteiger partial charge on any atom is 0.317 e. The molecule has 3 rings (SSSR count). The topological polar surface area (TPSA) is 45.5 Å². The molecular weight excluding hydrogens is 332 g/mol. The van der Waals surface area contributed by atoms with Crippen LogP contribution in [0.1, 0.15) is 16.0 Å². The van der Waals surface area contributed by atoms with Gasteiger partial charge in [-0.2, -0.15) is 0 Å². The van der Waals surface area contributed by atoms with Crippen molar-refractivity contribution in [3.05, 3.63) is 82.4 Å². The van der Waals surface area contributed by atoms with Gasteiger partial charge >= 0.3 is 6.03 Å². The molecule has 0 aliphatic heterocycles. The second-order valence-electron chi connectivity index (χ2n) is 5.85. The lowest BCUT2D eigenvalue weighted by molar-refractivity contribution is 0.196. The molecule has 0 saturated carbocycles. The Kier molecular flexibility index (Phi) is 6.29. The van der Waals surface area contributed by atoms with Crippen LogP contribution in [0.5, 0.6) is 0 Å². The quantitative estimate of drug-likeness (QED) is 0.654. The van der Waals surface area contributed by atoms with Gasteiger partial charge < -0.3 is 14.6 Å². The largest absolute Gasteiger partial charge is 0.472 e. The van der Waals surface area contributed by atoms with Crippen molar-refractivity contribution in [2.45, 2.75) is 19.4 Å². The van der Waals surface area contributed by atoms with Gasteiger partial charge in [0.25, 0.3) is 0 Å². The zero-order chi connectivity index (χ0) is 17.3. The van der Waals surface area contributed by atoms with Crippen LogP contribution in [0.4, 0.5) is 4.79 Å². The van der Waals surface area contributed by atoms with E-state index in [0.717, 1.165) is 18.4 Å². The number of thiophene rings is 1. The van der Waals surface area contributed by atoms with E-state index < -0.39 is 0 Å². The predicted octanol–water partition coefficient (Wildman–Crippen LogP) is 4.34. The molecule has 1 N–H and O–H groups in total. The number of carbonyl (C=O) groups is 1. The number of urea groups is 1. The van der Waals surface area contributed by atoms with Crippen molar-refractivity contribution in [2.24, 2.45) is 0 Å². The third kappa shape index (κ3) is 5.50. The lowest BCUT2D eigenvalue weighted by atomic mass is 10.1. The van der Waals surface area contributed by atoms with Crippen molar-refractivity contribution >= 4 is 17.4 Å². The highest BCUT2D eigenvalue weighted by atomic mass is 32.1.